The zero-order valence-corrected chi connectivity index (χ0v) is 12.5. The van der Waals surface area contributed by atoms with Crippen LogP contribution in [0.5, 0.6) is 0 Å². The number of hydrogen-bond donors (Lipinski definition) is 3. The van der Waals surface area contributed by atoms with Crippen LogP contribution in [0.2, 0.25) is 10.0 Å². The first-order chi connectivity index (χ1) is 9.47. The van der Waals surface area contributed by atoms with Crippen LogP contribution in [0.1, 0.15) is 0 Å². The van der Waals surface area contributed by atoms with Gasteiger partial charge in [0.15, 0.2) is 11.6 Å². The Bertz CT molecular complexity index is 617. The molecule has 2 rings (SSSR count). The molecule has 2 aromatic rings. The van der Waals surface area contributed by atoms with Crippen molar-refractivity contribution in [2.24, 2.45) is 0 Å². The molecule has 0 aliphatic carbocycles. The Morgan fingerprint density at radius 1 is 1.15 bits per heavy atom. The van der Waals surface area contributed by atoms with E-state index in [1.54, 1.807) is 23.2 Å². The highest BCUT2D eigenvalue weighted by molar-refractivity contribution is 6.36. The molecule has 0 amide bonds. The summed E-state index contributed by atoms with van der Waals surface area (Å²) in [5, 5.41) is 5.84. The fraction of sp³-hybridized carbons (Fsp3) is 0.167. The minimum atomic E-state index is 0.396. The second-order valence-electron chi connectivity index (χ2n) is 4.24. The van der Waals surface area contributed by atoms with E-state index in [0.29, 0.717) is 33.1 Å². The topological polar surface area (TPSA) is 79.1 Å². The Morgan fingerprint density at radius 3 is 2.50 bits per heavy atom. The standard InChI is InChI=1S/C12H14Cl2N6/c1-20(2)19-12-10(15)11(16-6-17-12)18-9-4-3-7(13)5-8(9)14/h3-6H,15H2,1-2H3,(H2,16,17,18,19). The monoisotopic (exact) mass is 312 g/mol. The number of nitrogens with zero attached hydrogens (tertiary/aromatic N) is 3. The molecule has 106 valence electrons. The molecule has 0 radical (unpaired) electrons. The number of aromatic nitrogens is 2. The fourth-order valence-electron chi connectivity index (χ4n) is 1.51. The number of rotatable bonds is 4. The molecule has 0 spiro atoms. The lowest BCUT2D eigenvalue weighted by Gasteiger charge is -2.16. The minimum Gasteiger partial charge on any atom is -0.393 e. The maximum absolute atomic E-state index is 6.10. The molecular weight excluding hydrogens is 299 g/mol. The SMILES string of the molecule is CN(C)Nc1ncnc(Nc2ccc(Cl)cc2Cl)c1N. The number of nitrogens with one attached hydrogen (secondary N) is 2. The minimum absolute atomic E-state index is 0.396. The summed E-state index contributed by atoms with van der Waals surface area (Å²) < 4.78 is 0. The molecule has 0 aliphatic rings. The summed E-state index contributed by atoms with van der Waals surface area (Å²) in [4.78, 5) is 8.18. The van der Waals surface area contributed by atoms with Gasteiger partial charge in [-0.2, -0.15) is 0 Å². The molecule has 1 heterocycles. The summed E-state index contributed by atoms with van der Waals surface area (Å²) in [5.74, 6) is 0.978. The Kier molecular flexibility index (Phi) is 4.49. The van der Waals surface area contributed by atoms with Crippen molar-refractivity contribution in [3.63, 3.8) is 0 Å². The molecule has 0 aliphatic heterocycles. The van der Waals surface area contributed by atoms with E-state index in [4.69, 9.17) is 28.9 Å². The van der Waals surface area contributed by atoms with Gasteiger partial charge in [0.1, 0.15) is 12.0 Å². The Labute approximate surface area is 126 Å². The largest absolute Gasteiger partial charge is 0.393 e. The number of hydrazine groups is 1. The van der Waals surface area contributed by atoms with Crippen LogP contribution < -0.4 is 16.5 Å². The second kappa shape index (κ2) is 6.13. The van der Waals surface area contributed by atoms with Crippen LogP contribution in [-0.4, -0.2) is 29.1 Å². The molecule has 20 heavy (non-hydrogen) atoms. The van der Waals surface area contributed by atoms with Gasteiger partial charge >= 0.3 is 0 Å². The van der Waals surface area contributed by atoms with Gasteiger partial charge in [-0.3, -0.25) is 0 Å². The average Bonchev–Trinajstić information content (AvgIpc) is 2.36. The van der Waals surface area contributed by atoms with E-state index < -0.39 is 0 Å². The van der Waals surface area contributed by atoms with Gasteiger partial charge in [0.25, 0.3) is 0 Å². The van der Waals surface area contributed by atoms with E-state index >= 15 is 0 Å². The van der Waals surface area contributed by atoms with Crippen molar-refractivity contribution in [1.82, 2.24) is 15.0 Å². The highest BCUT2D eigenvalue weighted by atomic mass is 35.5. The summed E-state index contributed by atoms with van der Waals surface area (Å²) in [7, 11) is 3.68. The maximum atomic E-state index is 6.10. The smallest absolute Gasteiger partial charge is 0.169 e. The lowest BCUT2D eigenvalue weighted by atomic mass is 10.3. The second-order valence-corrected chi connectivity index (χ2v) is 5.08. The Morgan fingerprint density at radius 2 is 1.85 bits per heavy atom. The zero-order valence-electron chi connectivity index (χ0n) is 11.0. The van der Waals surface area contributed by atoms with Crippen LogP contribution in [0.3, 0.4) is 0 Å². The summed E-state index contributed by atoms with van der Waals surface area (Å²) in [6.07, 6.45) is 1.41. The van der Waals surface area contributed by atoms with Crippen LogP contribution in [0.4, 0.5) is 23.0 Å². The predicted molar refractivity (Wildman–Crippen MR) is 83.5 cm³/mol. The molecule has 8 heteroatoms. The summed E-state index contributed by atoms with van der Waals surface area (Å²) >= 11 is 12.0. The molecular formula is C12H14Cl2N6. The highest BCUT2D eigenvalue weighted by Crippen LogP contribution is 2.31. The van der Waals surface area contributed by atoms with E-state index in [9.17, 15) is 0 Å². The van der Waals surface area contributed by atoms with Crippen LogP contribution >= 0.6 is 23.2 Å². The van der Waals surface area contributed by atoms with Crippen molar-refractivity contribution in [3.8, 4) is 0 Å². The molecule has 0 fully saturated rings. The lowest BCUT2D eigenvalue weighted by molar-refractivity contribution is 0.492. The number of halogens is 2. The van der Waals surface area contributed by atoms with E-state index in [0.717, 1.165) is 0 Å². The Hall–Kier alpha value is -1.76. The lowest BCUT2D eigenvalue weighted by Crippen LogP contribution is -2.21. The molecule has 1 aromatic carbocycles. The number of hydrogen-bond acceptors (Lipinski definition) is 6. The predicted octanol–water partition coefficient (Wildman–Crippen LogP) is 3.00. The van der Waals surface area contributed by atoms with Gasteiger partial charge in [-0.25, -0.2) is 15.0 Å². The van der Waals surface area contributed by atoms with Gasteiger partial charge in [-0.15, -0.1) is 0 Å². The zero-order chi connectivity index (χ0) is 14.7. The van der Waals surface area contributed by atoms with Crippen molar-refractivity contribution in [1.29, 1.82) is 0 Å². The van der Waals surface area contributed by atoms with Crippen molar-refractivity contribution in [2.75, 3.05) is 30.6 Å². The van der Waals surface area contributed by atoms with Crippen LogP contribution in [0.15, 0.2) is 24.5 Å². The molecule has 1 aromatic heterocycles. The number of benzene rings is 1. The molecule has 6 nitrogen and oxygen atoms in total. The molecule has 0 unspecified atom stereocenters. The van der Waals surface area contributed by atoms with Crippen LogP contribution in [-0.2, 0) is 0 Å². The fourth-order valence-corrected chi connectivity index (χ4v) is 1.97. The van der Waals surface area contributed by atoms with Crippen molar-refractivity contribution in [3.05, 3.63) is 34.6 Å². The summed E-state index contributed by atoms with van der Waals surface area (Å²) in [6, 6.07) is 5.12. The quantitative estimate of drug-likeness (QED) is 0.753. The molecule has 0 atom stereocenters. The van der Waals surface area contributed by atoms with Crippen LogP contribution in [0.25, 0.3) is 0 Å². The average molecular weight is 313 g/mol. The maximum Gasteiger partial charge on any atom is 0.169 e. The van der Waals surface area contributed by atoms with E-state index in [1.807, 2.05) is 14.1 Å². The van der Waals surface area contributed by atoms with Gasteiger partial charge in [0.05, 0.1) is 10.7 Å². The molecule has 0 bridgehead atoms. The Balaban J connectivity index is 2.29. The first-order valence-corrected chi connectivity index (χ1v) is 6.49. The number of anilines is 4. The van der Waals surface area contributed by atoms with Gasteiger partial charge in [0.2, 0.25) is 0 Å². The van der Waals surface area contributed by atoms with E-state index in [-0.39, 0.29) is 0 Å². The number of nitrogens with two attached hydrogens (primary N) is 1. The summed E-state index contributed by atoms with van der Waals surface area (Å²) in [5.41, 5.74) is 10.1. The van der Waals surface area contributed by atoms with Crippen molar-refractivity contribution >= 4 is 46.2 Å². The summed E-state index contributed by atoms with van der Waals surface area (Å²) in [6.45, 7) is 0. The van der Waals surface area contributed by atoms with Gasteiger partial charge in [0, 0.05) is 19.1 Å². The molecule has 0 saturated carbocycles. The third-order valence-electron chi connectivity index (χ3n) is 2.40. The third-order valence-corrected chi connectivity index (χ3v) is 2.95. The number of nitrogen functional groups attached to an aromatic ring is 1. The first-order valence-electron chi connectivity index (χ1n) is 5.74. The first kappa shape index (κ1) is 14.6. The van der Waals surface area contributed by atoms with Crippen LogP contribution in [0, 0.1) is 0 Å². The normalized spacial score (nSPS) is 10.7. The van der Waals surface area contributed by atoms with Gasteiger partial charge in [-0.05, 0) is 18.2 Å². The van der Waals surface area contributed by atoms with E-state index in [2.05, 4.69) is 20.7 Å². The molecule has 0 saturated heterocycles. The van der Waals surface area contributed by atoms with Gasteiger partial charge in [-0.1, -0.05) is 23.2 Å². The third kappa shape index (κ3) is 3.41. The van der Waals surface area contributed by atoms with E-state index in [1.165, 1.54) is 6.33 Å². The van der Waals surface area contributed by atoms with Gasteiger partial charge < -0.3 is 16.5 Å². The van der Waals surface area contributed by atoms with Crippen molar-refractivity contribution < 1.29 is 0 Å². The highest BCUT2D eigenvalue weighted by Gasteiger charge is 2.10. The van der Waals surface area contributed by atoms with Crippen molar-refractivity contribution in [2.45, 2.75) is 0 Å². The molecule has 4 N–H and O–H groups in total.